The van der Waals surface area contributed by atoms with Gasteiger partial charge in [0.25, 0.3) is 0 Å². The molecule has 2 heterocycles. The normalized spacial score (nSPS) is 11.1. The molecule has 0 atom stereocenters. The Labute approximate surface area is 169 Å². The third-order valence-electron chi connectivity index (χ3n) is 3.85. The summed E-state index contributed by atoms with van der Waals surface area (Å²) < 4.78 is 7.60. The van der Waals surface area contributed by atoms with Crippen molar-refractivity contribution in [1.29, 1.82) is 0 Å². The molecule has 0 saturated carbocycles. The van der Waals surface area contributed by atoms with Gasteiger partial charge in [0.2, 0.25) is 11.8 Å². The Morgan fingerprint density at radius 2 is 1.56 bits per heavy atom. The van der Waals surface area contributed by atoms with Crippen LogP contribution in [0.25, 0.3) is 22.8 Å². The van der Waals surface area contributed by atoms with Crippen LogP contribution in [0.5, 0.6) is 0 Å². The molecule has 2 aromatic carbocycles. The lowest BCUT2D eigenvalue weighted by Gasteiger charge is -2.04. The molecule has 0 aliphatic rings. The minimum atomic E-state index is 0.394. The highest BCUT2D eigenvalue weighted by atomic mass is 35.5. The van der Waals surface area contributed by atoms with E-state index in [4.69, 9.17) is 27.6 Å². The van der Waals surface area contributed by atoms with Gasteiger partial charge in [0.1, 0.15) is 0 Å². The summed E-state index contributed by atoms with van der Waals surface area (Å²) in [5.41, 5.74) is 1.54. The van der Waals surface area contributed by atoms with Gasteiger partial charge in [-0.15, -0.1) is 20.4 Å². The van der Waals surface area contributed by atoms with E-state index in [1.807, 2.05) is 54.1 Å². The summed E-state index contributed by atoms with van der Waals surface area (Å²) in [4.78, 5) is 0. The van der Waals surface area contributed by atoms with Crippen molar-refractivity contribution in [2.75, 3.05) is 0 Å². The first kappa shape index (κ1) is 18.0. The predicted octanol–water partition coefficient (Wildman–Crippen LogP) is 5.13. The first-order valence-electron chi connectivity index (χ1n) is 7.98. The van der Waals surface area contributed by atoms with Crippen LogP contribution in [0, 0.1) is 0 Å². The van der Waals surface area contributed by atoms with Crippen LogP contribution in [0.4, 0.5) is 0 Å². The van der Waals surface area contributed by atoms with Gasteiger partial charge in [-0.25, -0.2) is 0 Å². The van der Waals surface area contributed by atoms with Crippen molar-refractivity contribution in [2.24, 2.45) is 7.05 Å². The van der Waals surface area contributed by atoms with E-state index in [1.54, 1.807) is 6.07 Å². The Bertz CT molecular complexity index is 1090. The molecular formula is C18H13Cl2N5OS. The van der Waals surface area contributed by atoms with Gasteiger partial charge < -0.3 is 8.98 Å². The molecule has 0 aliphatic carbocycles. The van der Waals surface area contributed by atoms with Gasteiger partial charge in [0.05, 0.1) is 21.4 Å². The Kier molecular flexibility index (Phi) is 5.15. The van der Waals surface area contributed by atoms with Crippen molar-refractivity contribution >= 4 is 35.0 Å². The number of hydrogen-bond acceptors (Lipinski definition) is 6. The molecule has 0 radical (unpaired) electrons. The maximum absolute atomic E-state index is 6.25. The van der Waals surface area contributed by atoms with Crippen LogP contribution >= 0.6 is 35.0 Å². The molecule has 0 amide bonds. The summed E-state index contributed by atoms with van der Waals surface area (Å²) in [5.74, 6) is 2.04. The summed E-state index contributed by atoms with van der Waals surface area (Å²) in [5, 5.41) is 18.6. The zero-order valence-electron chi connectivity index (χ0n) is 14.1. The topological polar surface area (TPSA) is 69.6 Å². The highest BCUT2D eigenvalue weighted by Crippen LogP contribution is 2.30. The van der Waals surface area contributed by atoms with E-state index < -0.39 is 0 Å². The second-order valence-electron chi connectivity index (χ2n) is 5.61. The quantitative estimate of drug-likeness (QED) is 0.419. The van der Waals surface area contributed by atoms with E-state index in [2.05, 4.69) is 20.4 Å². The fraction of sp³-hybridized carbons (Fsp3) is 0.111. The van der Waals surface area contributed by atoms with E-state index in [9.17, 15) is 0 Å². The van der Waals surface area contributed by atoms with Crippen LogP contribution in [0.1, 0.15) is 5.89 Å². The standard InChI is InChI=1S/C18H13Cl2N5OS/c1-25-16(11-6-2-4-8-13(11)19)22-24-18(25)27-10-15-21-23-17(26-15)12-7-3-5-9-14(12)20/h2-9H,10H2,1H3. The molecule has 0 unspecified atom stereocenters. The monoisotopic (exact) mass is 417 g/mol. The highest BCUT2D eigenvalue weighted by Gasteiger charge is 2.16. The van der Waals surface area contributed by atoms with Gasteiger partial charge in [0, 0.05) is 12.6 Å². The minimum Gasteiger partial charge on any atom is -0.420 e. The lowest BCUT2D eigenvalue weighted by molar-refractivity contribution is 0.528. The van der Waals surface area contributed by atoms with Gasteiger partial charge >= 0.3 is 0 Å². The van der Waals surface area contributed by atoms with E-state index >= 15 is 0 Å². The Morgan fingerprint density at radius 3 is 2.26 bits per heavy atom. The minimum absolute atomic E-state index is 0.394. The summed E-state index contributed by atoms with van der Waals surface area (Å²) in [6.07, 6.45) is 0. The number of nitrogens with zero attached hydrogens (tertiary/aromatic N) is 5. The first-order valence-corrected chi connectivity index (χ1v) is 9.72. The fourth-order valence-electron chi connectivity index (χ4n) is 2.50. The lowest BCUT2D eigenvalue weighted by atomic mass is 10.2. The molecule has 0 spiro atoms. The first-order chi connectivity index (χ1) is 13.1. The molecule has 4 aromatic rings. The second-order valence-corrected chi connectivity index (χ2v) is 7.37. The molecule has 0 bridgehead atoms. The molecule has 136 valence electrons. The smallest absolute Gasteiger partial charge is 0.249 e. The predicted molar refractivity (Wildman–Crippen MR) is 106 cm³/mol. The van der Waals surface area contributed by atoms with E-state index in [0.717, 1.165) is 10.7 Å². The summed E-state index contributed by atoms with van der Waals surface area (Å²) in [6.45, 7) is 0. The average molecular weight is 418 g/mol. The maximum Gasteiger partial charge on any atom is 0.249 e. The number of benzene rings is 2. The van der Waals surface area contributed by atoms with Gasteiger partial charge in [-0.1, -0.05) is 59.2 Å². The molecule has 6 nitrogen and oxygen atoms in total. The number of hydrogen-bond donors (Lipinski definition) is 0. The van der Waals surface area contributed by atoms with Gasteiger partial charge in [-0.3, -0.25) is 0 Å². The summed E-state index contributed by atoms with van der Waals surface area (Å²) in [7, 11) is 1.89. The van der Waals surface area contributed by atoms with Crippen LogP contribution in [0.2, 0.25) is 10.0 Å². The maximum atomic E-state index is 6.25. The zero-order valence-corrected chi connectivity index (χ0v) is 16.5. The Hall–Kier alpha value is -2.35. The molecule has 0 fully saturated rings. The van der Waals surface area contributed by atoms with Crippen LogP contribution in [-0.2, 0) is 12.8 Å². The van der Waals surface area contributed by atoms with Crippen LogP contribution in [0.15, 0.2) is 58.1 Å². The van der Waals surface area contributed by atoms with Crippen LogP contribution in [0.3, 0.4) is 0 Å². The summed E-state index contributed by atoms with van der Waals surface area (Å²) >= 11 is 13.9. The van der Waals surface area contributed by atoms with Crippen molar-refractivity contribution in [3.63, 3.8) is 0 Å². The third-order valence-corrected chi connectivity index (χ3v) is 5.51. The number of rotatable bonds is 5. The van der Waals surface area contributed by atoms with Gasteiger partial charge in [-0.2, -0.15) is 0 Å². The third kappa shape index (κ3) is 3.71. The van der Waals surface area contributed by atoms with Crippen molar-refractivity contribution < 1.29 is 4.42 Å². The molecule has 2 aromatic heterocycles. The SMILES string of the molecule is Cn1c(SCc2nnc(-c3ccccc3Cl)o2)nnc1-c1ccccc1Cl. The number of aromatic nitrogens is 5. The average Bonchev–Trinajstić information content (AvgIpc) is 3.28. The van der Waals surface area contributed by atoms with Crippen LogP contribution in [-0.4, -0.2) is 25.0 Å². The molecule has 4 rings (SSSR count). The Morgan fingerprint density at radius 1 is 0.889 bits per heavy atom. The molecule has 27 heavy (non-hydrogen) atoms. The molecule has 0 N–H and O–H groups in total. The van der Waals surface area contributed by atoms with E-state index in [1.165, 1.54) is 11.8 Å². The number of thioether (sulfide) groups is 1. The molecule has 0 saturated heterocycles. The highest BCUT2D eigenvalue weighted by molar-refractivity contribution is 7.98. The molecule has 9 heteroatoms. The fourth-order valence-corrected chi connectivity index (χ4v) is 3.68. The van der Waals surface area contributed by atoms with E-state index in [-0.39, 0.29) is 0 Å². The van der Waals surface area contributed by atoms with Crippen molar-refractivity contribution in [3.05, 3.63) is 64.5 Å². The number of halogens is 2. The van der Waals surface area contributed by atoms with Gasteiger partial charge in [-0.05, 0) is 24.3 Å². The lowest BCUT2D eigenvalue weighted by Crippen LogP contribution is -1.95. The summed E-state index contributed by atoms with van der Waals surface area (Å²) in [6, 6.07) is 14.9. The van der Waals surface area contributed by atoms with E-state index in [0.29, 0.717) is 39.0 Å². The zero-order chi connectivity index (χ0) is 18.8. The van der Waals surface area contributed by atoms with Crippen molar-refractivity contribution in [2.45, 2.75) is 10.9 Å². The van der Waals surface area contributed by atoms with Crippen molar-refractivity contribution in [1.82, 2.24) is 25.0 Å². The Balaban J connectivity index is 1.51. The van der Waals surface area contributed by atoms with Crippen molar-refractivity contribution in [3.8, 4) is 22.8 Å². The second kappa shape index (κ2) is 7.72. The molecule has 0 aliphatic heterocycles. The van der Waals surface area contributed by atoms with Crippen LogP contribution < -0.4 is 0 Å². The molecular weight excluding hydrogens is 405 g/mol. The van der Waals surface area contributed by atoms with Gasteiger partial charge in [0.15, 0.2) is 11.0 Å². The largest absolute Gasteiger partial charge is 0.420 e.